The number of nitrogens with one attached hydrogen (secondary N) is 1. The zero-order chi connectivity index (χ0) is 13.5. The predicted octanol–water partition coefficient (Wildman–Crippen LogP) is 3.31. The molecule has 0 amide bonds. The number of aryl methyl sites for hydroxylation is 1. The Balaban J connectivity index is 1.89. The lowest BCUT2D eigenvalue weighted by molar-refractivity contribution is 0.358. The van der Waals surface area contributed by atoms with Gasteiger partial charge >= 0.3 is 0 Å². The summed E-state index contributed by atoms with van der Waals surface area (Å²) in [5, 5.41) is 4.50. The quantitative estimate of drug-likeness (QED) is 0.787. The fourth-order valence-corrected chi connectivity index (χ4v) is 2.48. The summed E-state index contributed by atoms with van der Waals surface area (Å²) in [6, 6.07) is 8.05. The number of rotatable bonds is 7. The van der Waals surface area contributed by atoms with Crippen molar-refractivity contribution in [3.05, 3.63) is 58.6 Å². The molecule has 100 valence electrons. The Hall–Kier alpha value is -1.65. The van der Waals surface area contributed by atoms with Crippen LogP contribution in [-0.4, -0.2) is 11.6 Å². The molecule has 1 N–H and O–H groups in total. The normalized spacial score (nSPS) is 10.4. The smallest absolute Gasteiger partial charge is 0.124 e. The number of para-hydroxylation sites is 1. The van der Waals surface area contributed by atoms with E-state index in [1.165, 1.54) is 4.88 Å². The van der Waals surface area contributed by atoms with Gasteiger partial charge in [-0.3, -0.25) is 0 Å². The van der Waals surface area contributed by atoms with E-state index >= 15 is 0 Å². The zero-order valence-electron chi connectivity index (χ0n) is 11.1. The molecule has 0 aliphatic rings. The molecule has 0 radical (unpaired) electrons. The van der Waals surface area contributed by atoms with Gasteiger partial charge in [0, 0.05) is 29.7 Å². The first-order valence-electron chi connectivity index (χ1n) is 6.23. The third-order valence-electron chi connectivity index (χ3n) is 2.59. The van der Waals surface area contributed by atoms with Gasteiger partial charge in [-0.2, -0.15) is 0 Å². The third kappa shape index (κ3) is 4.19. The maximum atomic E-state index is 5.62. The molecule has 0 aliphatic heterocycles. The predicted molar refractivity (Wildman–Crippen MR) is 79.5 cm³/mol. The van der Waals surface area contributed by atoms with Gasteiger partial charge in [0.15, 0.2) is 0 Å². The maximum Gasteiger partial charge on any atom is 0.124 e. The molecule has 3 nitrogen and oxygen atoms in total. The molecule has 0 spiro atoms. The first-order valence-corrected chi connectivity index (χ1v) is 7.05. The van der Waals surface area contributed by atoms with Crippen molar-refractivity contribution in [1.82, 2.24) is 10.3 Å². The van der Waals surface area contributed by atoms with E-state index in [0.29, 0.717) is 6.61 Å². The Bertz CT molecular complexity index is 536. The minimum absolute atomic E-state index is 0.530. The number of benzene rings is 1. The molecule has 19 heavy (non-hydrogen) atoms. The van der Waals surface area contributed by atoms with Crippen LogP contribution in [0, 0.1) is 6.92 Å². The fourth-order valence-electron chi connectivity index (χ4n) is 1.73. The molecule has 2 aromatic rings. The Labute approximate surface area is 118 Å². The van der Waals surface area contributed by atoms with E-state index in [9.17, 15) is 0 Å². The highest BCUT2D eigenvalue weighted by molar-refractivity contribution is 7.11. The molecule has 0 bridgehead atoms. The van der Waals surface area contributed by atoms with Crippen LogP contribution in [-0.2, 0) is 13.1 Å². The molecule has 0 fully saturated rings. The van der Waals surface area contributed by atoms with Crippen molar-refractivity contribution in [2.45, 2.75) is 20.0 Å². The minimum Gasteiger partial charge on any atom is -0.489 e. The molecule has 0 unspecified atom stereocenters. The third-order valence-corrected chi connectivity index (χ3v) is 3.50. The summed E-state index contributed by atoms with van der Waals surface area (Å²) in [4.78, 5) is 5.57. The van der Waals surface area contributed by atoms with E-state index in [-0.39, 0.29) is 0 Å². The first kappa shape index (κ1) is 13.8. The molecule has 2 rings (SSSR count). The number of thiazole rings is 1. The number of hydrogen-bond donors (Lipinski definition) is 1. The van der Waals surface area contributed by atoms with Crippen LogP contribution >= 0.6 is 11.3 Å². The lowest BCUT2D eigenvalue weighted by Gasteiger charge is -2.10. The van der Waals surface area contributed by atoms with Gasteiger partial charge in [-0.15, -0.1) is 11.3 Å². The van der Waals surface area contributed by atoms with E-state index in [1.54, 1.807) is 17.4 Å². The second-order valence-electron chi connectivity index (χ2n) is 4.18. The number of aromatic nitrogens is 1. The van der Waals surface area contributed by atoms with Gasteiger partial charge in [-0.1, -0.05) is 30.9 Å². The molecule has 0 atom stereocenters. The molecule has 1 heterocycles. The van der Waals surface area contributed by atoms with Gasteiger partial charge in [-0.05, 0) is 13.0 Å². The maximum absolute atomic E-state index is 5.62. The largest absolute Gasteiger partial charge is 0.489 e. The lowest BCUT2D eigenvalue weighted by Crippen LogP contribution is -2.13. The molecule has 1 aromatic carbocycles. The molecule has 0 saturated carbocycles. The molecular formula is C15H18N2OS. The average Bonchev–Trinajstić information content (AvgIpc) is 2.83. The van der Waals surface area contributed by atoms with E-state index < -0.39 is 0 Å². The summed E-state index contributed by atoms with van der Waals surface area (Å²) in [6.45, 7) is 7.82. The summed E-state index contributed by atoms with van der Waals surface area (Å²) in [5.74, 6) is 0.908. The Kier molecular flexibility index (Phi) is 5.12. The standard InChI is InChI=1S/C15H18N2OS/c1-3-8-18-14-7-5-4-6-13(14)10-16-11-15-17-9-12(2)19-15/h3-7,9,16H,1,8,10-11H2,2H3. The monoisotopic (exact) mass is 274 g/mol. The topological polar surface area (TPSA) is 34.1 Å². The van der Waals surface area contributed by atoms with Crippen LogP contribution in [0.25, 0.3) is 0 Å². The van der Waals surface area contributed by atoms with Gasteiger partial charge in [0.1, 0.15) is 17.4 Å². The Morgan fingerprint density at radius 3 is 2.95 bits per heavy atom. The molecular weight excluding hydrogens is 256 g/mol. The number of nitrogens with zero attached hydrogens (tertiary/aromatic N) is 1. The minimum atomic E-state index is 0.530. The highest BCUT2D eigenvalue weighted by atomic mass is 32.1. The van der Waals surface area contributed by atoms with E-state index in [4.69, 9.17) is 4.74 Å². The summed E-state index contributed by atoms with van der Waals surface area (Å²) >= 11 is 1.72. The van der Waals surface area contributed by atoms with Gasteiger partial charge in [0.05, 0.1) is 0 Å². The first-order chi connectivity index (χ1) is 9.29. The zero-order valence-corrected chi connectivity index (χ0v) is 11.9. The lowest BCUT2D eigenvalue weighted by atomic mass is 10.2. The van der Waals surface area contributed by atoms with E-state index in [1.807, 2.05) is 24.4 Å². The van der Waals surface area contributed by atoms with Crippen LogP contribution < -0.4 is 10.1 Å². The van der Waals surface area contributed by atoms with Gasteiger partial charge < -0.3 is 10.1 Å². The van der Waals surface area contributed by atoms with Crippen LogP contribution in [0.4, 0.5) is 0 Å². The Morgan fingerprint density at radius 2 is 2.21 bits per heavy atom. The van der Waals surface area contributed by atoms with Crippen LogP contribution in [0.2, 0.25) is 0 Å². The van der Waals surface area contributed by atoms with Crippen LogP contribution in [0.5, 0.6) is 5.75 Å². The van der Waals surface area contributed by atoms with Crippen molar-refractivity contribution in [2.24, 2.45) is 0 Å². The van der Waals surface area contributed by atoms with Gasteiger partial charge in [-0.25, -0.2) is 4.98 Å². The summed E-state index contributed by atoms with van der Waals surface area (Å²) < 4.78 is 5.62. The van der Waals surface area contributed by atoms with Crippen LogP contribution in [0.15, 0.2) is 43.1 Å². The molecule has 0 saturated heterocycles. The number of hydrogen-bond acceptors (Lipinski definition) is 4. The van der Waals surface area contributed by atoms with Crippen molar-refractivity contribution < 1.29 is 4.74 Å². The highest BCUT2D eigenvalue weighted by Gasteiger charge is 2.03. The van der Waals surface area contributed by atoms with Crippen molar-refractivity contribution in [1.29, 1.82) is 0 Å². The Morgan fingerprint density at radius 1 is 1.37 bits per heavy atom. The molecule has 4 heteroatoms. The summed E-state index contributed by atoms with van der Waals surface area (Å²) in [7, 11) is 0. The molecule has 1 aromatic heterocycles. The average molecular weight is 274 g/mol. The van der Waals surface area contributed by atoms with Gasteiger partial charge in [0.25, 0.3) is 0 Å². The van der Waals surface area contributed by atoms with Crippen molar-refractivity contribution in [3.8, 4) is 5.75 Å². The highest BCUT2D eigenvalue weighted by Crippen LogP contribution is 2.18. The van der Waals surface area contributed by atoms with Gasteiger partial charge in [0.2, 0.25) is 0 Å². The van der Waals surface area contributed by atoms with E-state index in [0.717, 1.165) is 29.4 Å². The summed E-state index contributed by atoms with van der Waals surface area (Å²) in [5.41, 5.74) is 1.15. The summed E-state index contributed by atoms with van der Waals surface area (Å²) in [6.07, 6.45) is 3.66. The van der Waals surface area contributed by atoms with Crippen molar-refractivity contribution >= 4 is 11.3 Å². The van der Waals surface area contributed by atoms with E-state index in [2.05, 4.69) is 29.9 Å². The molecule has 0 aliphatic carbocycles. The second-order valence-corrected chi connectivity index (χ2v) is 5.49. The van der Waals surface area contributed by atoms with Crippen LogP contribution in [0.3, 0.4) is 0 Å². The second kappa shape index (κ2) is 7.07. The SMILES string of the molecule is C=CCOc1ccccc1CNCc1ncc(C)s1. The fraction of sp³-hybridized carbons (Fsp3) is 0.267. The van der Waals surface area contributed by atoms with Crippen molar-refractivity contribution in [2.75, 3.05) is 6.61 Å². The number of ether oxygens (including phenoxy) is 1. The van der Waals surface area contributed by atoms with Crippen LogP contribution in [0.1, 0.15) is 15.4 Å². The van der Waals surface area contributed by atoms with Crippen molar-refractivity contribution in [3.63, 3.8) is 0 Å².